The molecule has 0 saturated heterocycles. The number of aryl methyl sites for hydroxylation is 1. The van der Waals surface area contributed by atoms with Crippen LogP contribution in [0.4, 0.5) is 4.39 Å². The minimum atomic E-state index is -0.221. The minimum absolute atomic E-state index is 0.221. The van der Waals surface area contributed by atoms with Crippen LogP contribution in [0.3, 0.4) is 0 Å². The fraction of sp³-hybridized carbons (Fsp3) is 0.278. The van der Waals surface area contributed by atoms with Crippen molar-refractivity contribution in [2.24, 2.45) is 4.99 Å². The van der Waals surface area contributed by atoms with E-state index in [1.807, 2.05) is 6.07 Å². The number of guanidine groups is 1. The van der Waals surface area contributed by atoms with Gasteiger partial charge < -0.3 is 10.6 Å². The maximum atomic E-state index is 13.1. The van der Waals surface area contributed by atoms with Crippen LogP contribution in [0, 0.1) is 12.7 Å². The summed E-state index contributed by atoms with van der Waals surface area (Å²) < 4.78 is 13.1. The van der Waals surface area contributed by atoms with Crippen molar-refractivity contribution >= 4 is 5.96 Å². The standard InChI is InChI=1S/C18H22FN3/c1-14-6-8-15(9-7-14)10-11-21-18(20-2)22-13-16-4-3-5-17(19)12-16/h3-9,12H,10-11,13H2,1-2H3,(H2,20,21,22). The van der Waals surface area contributed by atoms with Gasteiger partial charge in [0, 0.05) is 20.1 Å². The molecular weight excluding hydrogens is 277 g/mol. The van der Waals surface area contributed by atoms with E-state index in [0.29, 0.717) is 6.54 Å². The van der Waals surface area contributed by atoms with Crippen LogP contribution in [0.5, 0.6) is 0 Å². The molecule has 0 aliphatic rings. The van der Waals surface area contributed by atoms with Crippen molar-refractivity contribution in [3.63, 3.8) is 0 Å². The van der Waals surface area contributed by atoms with Crippen LogP contribution in [0.25, 0.3) is 0 Å². The van der Waals surface area contributed by atoms with Crippen LogP contribution in [-0.4, -0.2) is 19.6 Å². The third-order valence-corrected chi connectivity index (χ3v) is 3.40. The number of nitrogens with zero attached hydrogens (tertiary/aromatic N) is 1. The van der Waals surface area contributed by atoms with Crippen molar-refractivity contribution in [1.29, 1.82) is 0 Å². The normalized spacial score (nSPS) is 11.3. The van der Waals surface area contributed by atoms with Gasteiger partial charge in [0.2, 0.25) is 0 Å². The fourth-order valence-corrected chi connectivity index (χ4v) is 2.13. The van der Waals surface area contributed by atoms with Gasteiger partial charge in [-0.15, -0.1) is 0 Å². The second-order valence-electron chi connectivity index (χ2n) is 5.22. The van der Waals surface area contributed by atoms with E-state index >= 15 is 0 Å². The van der Waals surface area contributed by atoms with E-state index in [1.54, 1.807) is 13.1 Å². The van der Waals surface area contributed by atoms with Crippen LogP contribution in [-0.2, 0) is 13.0 Å². The molecular formula is C18H22FN3. The van der Waals surface area contributed by atoms with Gasteiger partial charge in [0.25, 0.3) is 0 Å². The summed E-state index contributed by atoms with van der Waals surface area (Å²) in [5.74, 6) is 0.498. The topological polar surface area (TPSA) is 36.4 Å². The van der Waals surface area contributed by atoms with Gasteiger partial charge in [-0.3, -0.25) is 4.99 Å². The first-order valence-corrected chi connectivity index (χ1v) is 7.42. The van der Waals surface area contributed by atoms with Crippen LogP contribution in [0.1, 0.15) is 16.7 Å². The first-order valence-electron chi connectivity index (χ1n) is 7.42. The number of hydrogen-bond donors (Lipinski definition) is 2. The summed E-state index contributed by atoms with van der Waals surface area (Å²) in [4.78, 5) is 4.17. The highest BCUT2D eigenvalue weighted by atomic mass is 19.1. The Morgan fingerprint density at radius 2 is 1.82 bits per heavy atom. The summed E-state index contributed by atoms with van der Waals surface area (Å²) in [6, 6.07) is 15.1. The molecule has 2 N–H and O–H groups in total. The Morgan fingerprint density at radius 3 is 2.50 bits per heavy atom. The molecule has 0 bridgehead atoms. The minimum Gasteiger partial charge on any atom is -0.356 e. The molecule has 0 aliphatic carbocycles. The zero-order valence-electron chi connectivity index (χ0n) is 13.1. The van der Waals surface area contributed by atoms with E-state index in [2.05, 4.69) is 46.8 Å². The smallest absolute Gasteiger partial charge is 0.191 e. The molecule has 4 heteroatoms. The van der Waals surface area contributed by atoms with Gasteiger partial charge >= 0.3 is 0 Å². The van der Waals surface area contributed by atoms with Crippen LogP contribution in [0.2, 0.25) is 0 Å². The van der Waals surface area contributed by atoms with Crippen molar-refractivity contribution in [1.82, 2.24) is 10.6 Å². The summed E-state index contributed by atoms with van der Waals surface area (Å²) in [6.45, 7) is 3.42. The van der Waals surface area contributed by atoms with E-state index in [4.69, 9.17) is 0 Å². The zero-order chi connectivity index (χ0) is 15.8. The largest absolute Gasteiger partial charge is 0.356 e. The van der Waals surface area contributed by atoms with Gasteiger partial charge in [-0.05, 0) is 36.6 Å². The third-order valence-electron chi connectivity index (χ3n) is 3.40. The molecule has 116 valence electrons. The molecule has 0 spiro atoms. The van der Waals surface area contributed by atoms with Crippen molar-refractivity contribution < 1.29 is 4.39 Å². The van der Waals surface area contributed by atoms with E-state index in [0.717, 1.165) is 24.5 Å². The molecule has 0 atom stereocenters. The summed E-state index contributed by atoms with van der Waals surface area (Å²) >= 11 is 0. The molecule has 0 aliphatic heterocycles. The molecule has 0 fully saturated rings. The zero-order valence-corrected chi connectivity index (χ0v) is 13.1. The Morgan fingerprint density at radius 1 is 1.05 bits per heavy atom. The summed E-state index contributed by atoms with van der Waals surface area (Å²) in [5.41, 5.74) is 3.45. The Hall–Kier alpha value is -2.36. The molecule has 3 nitrogen and oxygen atoms in total. The summed E-state index contributed by atoms with van der Waals surface area (Å²) in [6.07, 6.45) is 0.931. The Bertz CT molecular complexity index is 620. The summed E-state index contributed by atoms with van der Waals surface area (Å²) in [7, 11) is 1.73. The van der Waals surface area contributed by atoms with E-state index in [9.17, 15) is 4.39 Å². The van der Waals surface area contributed by atoms with Crippen molar-refractivity contribution in [3.05, 3.63) is 71.0 Å². The molecule has 0 heterocycles. The average Bonchev–Trinajstić information content (AvgIpc) is 2.52. The third kappa shape index (κ3) is 5.20. The Labute approximate surface area is 131 Å². The van der Waals surface area contributed by atoms with Gasteiger partial charge in [-0.25, -0.2) is 4.39 Å². The Balaban J connectivity index is 1.76. The van der Waals surface area contributed by atoms with E-state index in [-0.39, 0.29) is 5.82 Å². The molecule has 2 rings (SSSR count). The lowest BCUT2D eigenvalue weighted by molar-refractivity contribution is 0.624. The highest BCUT2D eigenvalue weighted by Crippen LogP contribution is 2.04. The first-order chi connectivity index (χ1) is 10.7. The first kappa shape index (κ1) is 16.0. The molecule has 2 aromatic carbocycles. The molecule has 0 amide bonds. The lowest BCUT2D eigenvalue weighted by Gasteiger charge is -2.12. The number of benzene rings is 2. The number of hydrogen-bond acceptors (Lipinski definition) is 1. The van der Waals surface area contributed by atoms with Crippen molar-refractivity contribution in [2.75, 3.05) is 13.6 Å². The second kappa shape index (κ2) is 8.17. The molecule has 2 aromatic rings. The van der Waals surface area contributed by atoms with Gasteiger partial charge in [0.1, 0.15) is 5.82 Å². The number of nitrogens with one attached hydrogen (secondary N) is 2. The highest BCUT2D eigenvalue weighted by molar-refractivity contribution is 5.79. The summed E-state index contributed by atoms with van der Waals surface area (Å²) in [5, 5.41) is 6.44. The molecule has 0 unspecified atom stereocenters. The quantitative estimate of drug-likeness (QED) is 0.657. The maximum absolute atomic E-state index is 13.1. The van der Waals surface area contributed by atoms with Crippen LogP contribution < -0.4 is 10.6 Å². The SMILES string of the molecule is CN=C(NCCc1ccc(C)cc1)NCc1cccc(F)c1. The Kier molecular flexibility index (Phi) is 5.95. The van der Waals surface area contributed by atoms with Gasteiger partial charge in [0.05, 0.1) is 0 Å². The molecule has 22 heavy (non-hydrogen) atoms. The van der Waals surface area contributed by atoms with Gasteiger partial charge in [-0.2, -0.15) is 0 Å². The van der Waals surface area contributed by atoms with Crippen LogP contribution >= 0.6 is 0 Å². The highest BCUT2D eigenvalue weighted by Gasteiger charge is 2.00. The number of aliphatic imine (C=N–C) groups is 1. The van der Waals surface area contributed by atoms with Crippen molar-refractivity contribution in [2.45, 2.75) is 19.9 Å². The number of halogens is 1. The lowest BCUT2D eigenvalue weighted by atomic mass is 10.1. The average molecular weight is 299 g/mol. The molecule has 0 aromatic heterocycles. The number of rotatable bonds is 5. The molecule has 0 radical (unpaired) electrons. The lowest BCUT2D eigenvalue weighted by Crippen LogP contribution is -2.37. The van der Waals surface area contributed by atoms with Crippen LogP contribution in [0.15, 0.2) is 53.5 Å². The van der Waals surface area contributed by atoms with E-state index < -0.39 is 0 Å². The van der Waals surface area contributed by atoms with Crippen molar-refractivity contribution in [3.8, 4) is 0 Å². The monoisotopic (exact) mass is 299 g/mol. The molecule has 0 saturated carbocycles. The maximum Gasteiger partial charge on any atom is 0.191 e. The fourth-order valence-electron chi connectivity index (χ4n) is 2.13. The second-order valence-corrected chi connectivity index (χ2v) is 5.22. The van der Waals surface area contributed by atoms with Gasteiger partial charge in [0.15, 0.2) is 5.96 Å². The van der Waals surface area contributed by atoms with Gasteiger partial charge in [-0.1, -0.05) is 42.0 Å². The predicted molar refractivity (Wildman–Crippen MR) is 89.5 cm³/mol. The predicted octanol–water partition coefficient (Wildman–Crippen LogP) is 3.04. The van der Waals surface area contributed by atoms with E-state index in [1.165, 1.54) is 23.3 Å².